The molecule has 0 bridgehead atoms. The molecule has 1 heterocycles. The van der Waals surface area contributed by atoms with Crippen molar-refractivity contribution < 1.29 is 9.53 Å². The topological polar surface area (TPSA) is 47.4 Å². The monoisotopic (exact) mass is 367 g/mol. The summed E-state index contributed by atoms with van der Waals surface area (Å²) < 4.78 is 7.82. The Morgan fingerprint density at radius 2 is 2.07 bits per heavy atom. The van der Waals surface area contributed by atoms with Gasteiger partial charge in [0.15, 0.2) is 6.61 Å². The zero-order valence-electron chi connectivity index (χ0n) is 16.4. The maximum absolute atomic E-state index is 13.1. The summed E-state index contributed by atoms with van der Waals surface area (Å²) in [4.78, 5) is 15.1. The summed E-state index contributed by atoms with van der Waals surface area (Å²) in [7, 11) is 2.02. The van der Waals surface area contributed by atoms with Crippen molar-refractivity contribution in [1.82, 2.24) is 14.7 Å². The van der Waals surface area contributed by atoms with E-state index in [0.29, 0.717) is 12.6 Å². The number of rotatable bonds is 6. The molecule has 1 fully saturated rings. The van der Waals surface area contributed by atoms with E-state index in [2.05, 4.69) is 0 Å². The third kappa shape index (κ3) is 3.87. The average molecular weight is 367 g/mol. The Morgan fingerprint density at radius 3 is 2.85 bits per heavy atom. The number of aromatic nitrogens is 2. The zero-order chi connectivity index (χ0) is 18.8. The third-order valence-electron chi connectivity index (χ3n) is 5.96. The Labute approximate surface area is 161 Å². The number of hydrogen-bond acceptors (Lipinski definition) is 3. The molecule has 0 aliphatic heterocycles. The summed E-state index contributed by atoms with van der Waals surface area (Å²) in [5.41, 5.74) is 4.94. The van der Waals surface area contributed by atoms with Gasteiger partial charge in [0.25, 0.3) is 5.91 Å². The number of carbonyl (C=O) groups is 1. The van der Waals surface area contributed by atoms with Crippen LogP contribution in [0, 0.1) is 6.92 Å². The maximum atomic E-state index is 13.1. The Kier molecular flexibility index (Phi) is 5.19. The van der Waals surface area contributed by atoms with Gasteiger partial charge in [0, 0.05) is 18.8 Å². The fraction of sp³-hybridized carbons (Fsp3) is 0.545. The van der Waals surface area contributed by atoms with Crippen molar-refractivity contribution in [1.29, 1.82) is 0 Å². The lowest BCUT2D eigenvalue weighted by Gasteiger charge is -2.28. The van der Waals surface area contributed by atoms with Crippen molar-refractivity contribution in [3.8, 4) is 5.75 Å². The molecule has 5 heteroatoms. The van der Waals surface area contributed by atoms with Crippen LogP contribution in [0.15, 0.2) is 24.3 Å². The van der Waals surface area contributed by atoms with Gasteiger partial charge in [0.2, 0.25) is 0 Å². The second-order valence-electron chi connectivity index (χ2n) is 7.91. The first-order valence-electron chi connectivity index (χ1n) is 10.1. The highest BCUT2D eigenvalue weighted by atomic mass is 16.5. The van der Waals surface area contributed by atoms with E-state index in [9.17, 15) is 4.79 Å². The van der Waals surface area contributed by atoms with E-state index in [1.54, 1.807) is 0 Å². The largest absolute Gasteiger partial charge is 0.484 e. The van der Waals surface area contributed by atoms with E-state index in [1.807, 2.05) is 47.8 Å². The molecule has 0 saturated heterocycles. The quantitative estimate of drug-likeness (QED) is 0.784. The van der Waals surface area contributed by atoms with Crippen LogP contribution in [0.2, 0.25) is 0 Å². The predicted molar refractivity (Wildman–Crippen MR) is 105 cm³/mol. The van der Waals surface area contributed by atoms with Crippen molar-refractivity contribution in [2.75, 3.05) is 6.61 Å². The molecular formula is C22H29N3O2. The van der Waals surface area contributed by atoms with Crippen molar-refractivity contribution in [2.24, 2.45) is 7.05 Å². The number of fused-ring (bicyclic) bond motifs is 1. The molecule has 0 radical (unpaired) electrons. The molecule has 0 N–H and O–H groups in total. The van der Waals surface area contributed by atoms with Gasteiger partial charge in [-0.05, 0) is 62.3 Å². The van der Waals surface area contributed by atoms with E-state index in [1.165, 1.54) is 30.5 Å². The van der Waals surface area contributed by atoms with Gasteiger partial charge in [0.05, 0.1) is 12.2 Å². The summed E-state index contributed by atoms with van der Waals surface area (Å²) in [6.07, 6.45) is 7.97. The molecule has 144 valence electrons. The van der Waals surface area contributed by atoms with Crippen LogP contribution < -0.4 is 4.74 Å². The van der Waals surface area contributed by atoms with Crippen molar-refractivity contribution in [2.45, 2.75) is 64.5 Å². The standard InChI is InChI=1S/C22H29N3O2/c1-16-7-5-10-18(13-16)27-15-22(26)25(17-8-3-4-9-17)14-20-19-11-6-12-21(19)24(2)23-20/h5,7,10,13,17H,3-4,6,8-9,11-12,14-15H2,1-2H3. The Bertz CT molecular complexity index is 821. The molecule has 2 aliphatic rings. The smallest absolute Gasteiger partial charge is 0.261 e. The van der Waals surface area contributed by atoms with Gasteiger partial charge in [-0.1, -0.05) is 25.0 Å². The van der Waals surface area contributed by atoms with Crippen LogP contribution in [0.3, 0.4) is 0 Å². The lowest BCUT2D eigenvalue weighted by Crippen LogP contribution is -2.41. The number of amides is 1. The van der Waals surface area contributed by atoms with Gasteiger partial charge in [-0.2, -0.15) is 5.10 Å². The van der Waals surface area contributed by atoms with Gasteiger partial charge < -0.3 is 9.64 Å². The fourth-order valence-electron chi connectivity index (χ4n) is 4.56. The van der Waals surface area contributed by atoms with Crippen LogP contribution in [-0.4, -0.2) is 33.2 Å². The number of carbonyl (C=O) groups excluding carboxylic acids is 1. The van der Waals surface area contributed by atoms with Crippen LogP contribution >= 0.6 is 0 Å². The Balaban J connectivity index is 1.49. The minimum Gasteiger partial charge on any atom is -0.484 e. The highest BCUT2D eigenvalue weighted by Gasteiger charge is 2.30. The van der Waals surface area contributed by atoms with Crippen LogP contribution in [-0.2, 0) is 31.2 Å². The Morgan fingerprint density at radius 1 is 1.26 bits per heavy atom. The molecule has 0 unspecified atom stereocenters. The maximum Gasteiger partial charge on any atom is 0.261 e. The molecule has 1 aromatic heterocycles. The van der Waals surface area contributed by atoms with E-state index in [0.717, 1.165) is 42.7 Å². The molecular weight excluding hydrogens is 338 g/mol. The van der Waals surface area contributed by atoms with Crippen molar-refractivity contribution >= 4 is 5.91 Å². The summed E-state index contributed by atoms with van der Waals surface area (Å²) in [5.74, 6) is 0.828. The first kappa shape index (κ1) is 18.1. The zero-order valence-corrected chi connectivity index (χ0v) is 16.4. The second kappa shape index (κ2) is 7.75. The summed E-state index contributed by atoms with van der Waals surface area (Å²) in [6.45, 7) is 2.74. The van der Waals surface area contributed by atoms with Crippen LogP contribution in [0.1, 0.15) is 54.6 Å². The number of ether oxygens (including phenoxy) is 1. The van der Waals surface area contributed by atoms with Gasteiger partial charge in [0.1, 0.15) is 5.75 Å². The second-order valence-corrected chi connectivity index (χ2v) is 7.91. The van der Waals surface area contributed by atoms with Crippen LogP contribution in [0.5, 0.6) is 5.75 Å². The number of hydrogen-bond donors (Lipinski definition) is 0. The molecule has 1 amide bonds. The minimum absolute atomic E-state index is 0.0702. The number of nitrogens with zero attached hydrogens (tertiary/aromatic N) is 3. The number of aryl methyl sites for hydroxylation is 2. The molecule has 5 nitrogen and oxygen atoms in total. The Hall–Kier alpha value is -2.30. The predicted octanol–water partition coefficient (Wildman–Crippen LogP) is 3.57. The molecule has 4 rings (SSSR count). The molecule has 1 saturated carbocycles. The minimum atomic E-state index is 0.0702. The lowest BCUT2D eigenvalue weighted by molar-refractivity contribution is -0.136. The van der Waals surface area contributed by atoms with E-state index in [4.69, 9.17) is 9.84 Å². The molecule has 1 aromatic carbocycles. The summed E-state index contributed by atoms with van der Waals surface area (Å²) in [6, 6.07) is 8.19. The van der Waals surface area contributed by atoms with Gasteiger partial charge in [-0.25, -0.2) is 0 Å². The summed E-state index contributed by atoms with van der Waals surface area (Å²) >= 11 is 0. The molecule has 2 aromatic rings. The van der Waals surface area contributed by atoms with Gasteiger partial charge in [-0.15, -0.1) is 0 Å². The fourth-order valence-corrected chi connectivity index (χ4v) is 4.56. The SMILES string of the molecule is Cc1cccc(OCC(=O)N(Cc2nn(C)c3c2CCC3)C2CCCC2)c1. The summed E-state index contributed by atoms with van der Waals surface area (Å²) in [5, 5.41) is 4.74. The molecule has 0 atom stereocenters. The van der Waals surface area contributed by atoms with Crippen molar-refractivity contribution in [3.05, 3.63) is 46.8 Å². The molecule has 2 aliphatic carbocycles. The van der Waals surface area contributed by atoms with Gasteiger partial charge in [-0.3, -0.25) is 9.48 Å². The van der Waals surface area contributed by atoms with E-state index < -0.39 is 0 Å². The highest BCUT2D eigenvalue weighted by molar-refractivity contribution is 5.78. The first-order chi connectivity index (χ1) is 13.1. The van der Waals surface area contributed by atoms with Crippen LogP contribution in [0.25, 0.3) is 0 Å². The normalized spacial score (nSPS) is 16.5. The average Bonchev–Trinajstić information content (AvgIpc) is 3.38. The van der Waals surface area contributed by atoms with Gasteiger partial charge >= 0.3 is 0 Å². The van der Waals surface area contributed by atoms with E-state index in [-0.39, 0.29) is 12.5 Å². The third-order valence-corrected chi connectivity index (χ3v) is 5.96. The molecule has 0 spiro atoms. The highest BCUT2D eigenvalue weighted by Crippen LogP contribution is 2.29. The first-order valence-corrected chi connectivity index (χ1v) is 10.1. The van der Waals surface area contributed by atoms with E-state index >= 15 is 0 Å². The lowest BCUT2D eigenvalue weighted by atomic mass is 10.1. The number of benzene rings is 1. The van der Waals surface area contributed by atoms with Crippen LogP contribution in [0.4, 0.5) is 0 Å². The molecule has 27 heavy (non-hydrogen) atoms. The van der Waals surface area contributed by atoms with Crippen molar-refractivity contribution in [3.63, 3.8) is 0 Å².